The second kappa shape index (κ2) is 5.18. The molecule has 0 aliphatic carbocycles. The van der Waals surface area contributed by atoms with Gasteiger partial charge in [0.25, 0.3) is 0 Å². The molecule has 6 nitrogen and oxygen atoms in total. The van der Waals surface area contributed by atoms with Crippen LogP contribution in [-0.4, -0.2) is 56.7 Å². The van der Waals surface area contributed by atoms with Crippen LogP contribution in [0.3, 0.4) is 0 Å². The van der Waals surface area contributed by atoms with E-state index >= 15 is 0 Å². The SMILES string of the molecule is COCC1=C(N2CCC3(CCNCC3)C2=O)COC1=O. The van der Waals surface area contributed by atoms with Gasteiger partial charge in [0.05, 0.1) is 23.3 Å². The number of carbonyl (C=O) groups excluding carboxylic acids is 2. The summed E-state index contributed by atoms with van der Waals surface area (Å²) in [4.78, 5) is 26.2. The highest BCUT2D eigenvalue weighted by Gasteiger charge is 2.49. The van der Waals surface area contributed by atoms with E-state index in [-0.39, 0.29) is 30.5 Å². The first-order valence-corrected chi connectivity index (χ1v) is 7.09. The van der Waals surface area contributed by atoms with Crippen molar-refractivity contribution < 1.29 is 19.1 Å². The van der Waals surface area contributed by atoms with E-state index in [1.807, 2.05) is 0 Å². The Morgan fingerprint density at radius 2 is 2.05 bits per heavy atom. The fourth-order valence-corrected chi connectivity index (χ4v) is 3.40. The molecule has 1 amide bonds. The zero-order valence-corrected chi connectivity index (χ0v) is 11.7. The Morgan fingerprint density at radius 3 is 2.75 bits per heavy atom. The molecule has 0 aromatic carbocycles. The molecule has 20 heavy (non-hydrogen) atoms. The number of hydrogen-bond donors (Lipinski definition) is 1. The van der Waals surface area contributed by atoms with Crippen LogP contribution in [0.15, 0.2) is 11.3 Å². The van der Waals surface area contributed by atoms with Gasteiger partial charge < -0.3 is 19.7 Å². The molecule has 6 heteroatoms. The van der Waals surface area contributed by atoms with Gasteiger partial charge in [-0.05, 0) is 32.4 Å². The Bertz CT molecular complexity index is 466. The minimum Gasteiger partial charge on any atom is -0.456 e. The molecule has 0 unspecified atom stereocenters. The Labute approximate surface area is 118 Å². The van der Waals surface area contributed by atoms with Gasteiger partial charge in [-0.1, -0.05) is 0 Å². The predicted octanol–water partition coefficient (Wildman–Crippen LogP) is 0.0458. The summed E-state index contributed by atoms with van der Waals surface area (Å²) in [5.74, 6) is -0.207. The summed E-state index contributed by atoms with van der Waals surface area (Å²) in [6.45, 7) is 2.85. The number of piperidine rings is 1. The molecule has 0 atom stereocenters. The number of hydrogen-bond acceptors (Lipinski definition) is 5. The summed E-state index contributed by atoms with van der Waals surface area (Å²) < 4.78 is 10.1. The molecule has 1 spiro atoms. The van der Waals surface area contributed by atoms with Crippen molar-refractivity contribution in [1.82, 2.24) is 10.2 Å². The zero-order chi connectivity index (χ0) is 14.2. The van der Waals surface area contributed by atoms with Crippen LogP contribution >= 0.6 is 0 Å². The molecule has 0 bridgehead atoms. The maximum Gasteiger partial charge on any atom is 0.338 e. The quantitative estimate of drug-likeness (QED) is 0.740. The van der Waals surface area contributed by atoms with Crippen LogP contribution in [0.2, 0.25) is 0 Å². The van der Waals surface area contributed by atoms with Crippen LogP contribution in [0.4, 0.5) is 0 Å². The van der Waals surface area contributed by atoms with Crippen molar-refractivity contribution in [3.05, 3.63) is 11.3 Å². The van der Waals surface area contributed by atoms with E-state index in [1.54, 1.807) is 4.90 Å². The van der Waals surface area contributed by atoms with Gasteiger partial charge in [-0.25, -0.2) is 4.79 Å². The van der Waals surface area contributed by atoms with E-state index in [0.717, 1.165) is 32.4 Å². The van der Waals surface area contributed by atoms with Crippen molar-refractivity contribution in [2.45, 2.75) is 19.3 Å². The Balaban J connectivity index is 1.85. The van der Waals surface area contributed by atoms with Gasteiger partial charge in [0.2, 0.25) is 5.91 Å². The highest BCUT2D eigenvalue weighted by Crippen LogP contribution is 2.42. The number of ether oxygens (including phenoxy) is 2. The molecule has 0 radical (unpaired) electrons. The minimum absolute atomic E-state index is 0.154. The molecular weight excluding hydrogens is 260 g/mol. The van der Waals surface area contributed by atoms with Gasteiger partial charge in [-0.15, -0.1) is 0 Å². The van der Waals surface area contributed by atoms with Crippen molar-refractivity contribution in [3.8, 4) is 0 Å². The van der Waals surface area contributed by atoms with E-state index in [2.05, 4.69) is 5.32 Å². The van der Waals surface area contributed by atoms with E-state index in [1.165, 1.54) is 7.11 Å². The molecule has 2 fully saturated rings. The largest absolute Gasteiger partial charge is 0.456 e. The van der Waals surface area contributed by atoms with Crippen LogP contribution in [0.25, 0.3) is 0 Å². The van der Waals surface area contributed by atoms with Gasteiger partial charge in [-0.3, -0.25) is 4.79 Å². The van der Waals surface area contributed by atoms with Crippen LogP contribution in [0, 0.1) is 5.41 Å². The first kappa shape index (κ1) is 13.6. The maximum atomic E-state index is 12.8. The summed E-state index contributed by atoms with van der Waals surface area (Å²) in [6.07, 6.45) is 2.62. The molecule has 3 aliphatic rings. The molecule has 2 saturated heterocycles. The Kier molecular flexibility index (Phi) is 3.52. The fourth-order valence-electron chi connectivity index (χ4n) is 3.40. The molecule has 3 heterocycles. The summed E-state index contributed by atoms with van der Waals surface area (Å²) >= 11 is 0. The minimum atomic E-state index is -0.360. The second-order valence-corrected chi connectivity index (χ2v) is 5.67. The zero-order valence-electron chi connectivity index (χ0n) is 11.7. The van der Waals surface area contributed by atoms with Crippen LogP contribution in [0.1, 0.15) is 19.3 Å². The maximum absolute atomic E-state index is 12.8. The van der Waals surface area contributed by atoms with Gasteiger partial charge in [0.1, 0.15) is 6.61 Å². The number of carbonyl (C=O) groups is 2. The molecule has 0 saturated carbocycles. The highest BCUT2D eigenvalue weighted by molar-refractivity contribution is 5.95. The van der Waals surface area contributed by atoms with E-state index in [0.29, 0.717) is 17.8 Å². The number of nitrogens with one attached hydrogen (secondary N) is 1. The predicted molar refractivity (Wildman–Crippen MR) is 70.7 cm³/mol. The lowest BCUT2D eigenvalue weighted by molar-refractivity contribution is -0.138. The Hall–Kier alpha value is -1.40. The van der Waals surface area contributed by atoms with Gasteiger partial charge in [0, 0.05) is 13.7 Å². The monoisotopic (exact) mass is 280 g/mol. The first-order chi connectivity index (χ1) is 9.68. The smallest absolute Gasteiger partial charge is 0.338 e. The molecule has 1 N–H and O–H groups in total. The molecule has 3 rings (SSSR count). The molecule has 0 aromatic rings. The van der Waals surface area contributed by atoms with Crippen molar-refractivity contribution >= 4 is 11.9 Å². The molecule has 3 aliphatic heterocycles. The number of cyclic esters (lactones) is 1. The third kappa shape index (κ3) is 2.03. The third-order valence-electron chi connectivity index (χ3n) is 4.62. The van der Waals surface area contributed by atoms with Gasteiger partial charge in [0.15, 0.2) is 0 Å². The lowest BCUT2D eigenvalue weighted by Gasteiger charge is -2.32. The van der Waals surface area contributed by atoms with Crippen LogP contribution in [-0.2, 0) is 19.1 Å². The molecule has 110 valence electrons. The standard InChI is InChI=1S/C14H20N2O4/c1-19-8-10-11(9-20-12(10)17)16-7-4-14(13(16)18)2-5-15-6-3-14/h15H,2-9H2,1H3. The van der Waals surface area contributed by atoms with Crippen molar-refractivity contribution in [1.29, 1.82) is 0 Å². The van der Waals surface area contributed by atoms with Crippen molar-refractivity contribution in [2.75, 3.05) is 40.0 Å². The molecular formula is C14H20N2O4. The number of esters is 1. The topological polar surface area (TPSA) is 67.9 Å². The fraction of sp³-hybridized carbons (Fsp3) is 0.714. The highest BCUT2D eigenvalue weighted by atomic mass is 16.5. The number of likely N-dealkylation sites (tertiary alicyclic amines) is 1. The average molecular weight is 280 g/mol. The lowest BCUT2D eigenvalue weighted by atomic mass is 9.77. The van der Waals surface area contributed by atoms with Crippen molar-refractivity contribution in [2.24, 2.45) is 5.41 Å². The summed E-state index contributed by atoms with van der Waals surface area (Å²) in [6, 6.07) is 0. The van der Waals surface area contributed by atoms with E-state index in [9.17, 15) is 9.59 Å². The lowest BCUT2D eigenvalue weighted by Crippen LogP contribution is -2.42. The molecule has 0 aromatic heterocycles. The van der Waals surface area contributed by atoms with Crippen LogP contribution in [0.5, 0.6) is 0 Å². The number of rotatable bonds is 3. The van der Waals surface area contributed by atoms with Gasteiger partial charge >= 0.3 is 5.97 Å². The van der Waals surface area contributed by atoms with E-state index < -0.39 is 0 Å². The van der Waals surface area contributed by atoms with Gasteiger partial charge in [-0.2, -0.15) is 0 Å². The van der Waals surface area contributed by atoms with Crippen LogP contribution < -0.4 is 5.32 Å². The second-order valence-electron chi connectivity index (χ2n) is 5.67. The number of nitrogens with zero attached hydrogens (tertiary/aromatic N) is 1. The van der Waals surface area contributed by atoms with E-state index in [4.69, 9.17) is 9.47 Å². The average Bonchev–Trinajstić information content (AvgIpc) is 2.96. The third-order valence-corrected chi connectivity index (χ3v) is 4.62. The first-order valence-electron chi connectivity index (χ1n) is 7.09. The normalized spacial score (nSPS) is 25.8. The Morgan fingerprint density at radius 1 is 1.30 bits per heavy atom. The summed E-state index contributed by atoms with van der Waals surface area (Å²) in [7, 11) is 1.54. The summed E-state index contributed by atoms with van der Waals surface area (Å²) in [5, 5.41) is 3.30. The number of methoxy groups -OCH3 is 1. The van der Waals surface area contributed by atoms with Crippen molar-refractivity contribution in [3.63, 3.8) is 0 Å². The number of amides is 1. The summed E-state index contributed by atoms with van der Waals surface area (Å²) in [5.41, 5.74) is 0.964.